The van der Waals surface area contributed by atoms with Crippen LogP contribution in [0.5, 0.6) is 0 Å². The van der Waals surface area contributed by atoms with E-state index < -0.39 is 6.04 Å². The lowest BCUT2D eigenvalue weighted by molar-refractivity contribution is -0.200. The van der Waals surface area contributed by atoms with Crippen molar-refractivity contribution in [3.63, 3.8) is 0 Å². The molecule has 0 aliphatic carbocycles. The maximum atomic E-state index is 13.8. The Bertz CT molecular complexity index is 1230. The molecular weight excluding hydrogens is 456 g/mol. The second-order valence-corrected chi connectivity index (χ2v) is 9.43. The fourth-order valence-electron chi connectivity index (χ4n) is 5.33. The maximum Gasteiger partial charge on any atom is 0.245 e. The largest absolute Gasteiger partial charge is 0.387 e. The van der Waals surface area contributed by atoms with E-state index in [1.165, 1.54) is 0 Å². The third kappa shape index (κ3) is 4.59. The summed E-state index contributed by atoms with van der Waals surface area (Å²) in [5.74, 6) is 2.65. The second kappa shape index (κ2) is 10.5. The standard InChI is InChI=1S/C26H32N8O2/c1-3-5-9-22-26(36)31(16-20-7-6-8-21-25(20)29-30-28-21)17-23-33(15-19-10-12-27-13-11-19)32(14-4-2)18-24(35)34(22)23/h2,6-8,10-12,22-23,27H,3,5,9,13-18H2,1H3,(H,28,29,30)/t22-,23+/m0/s1. The third-order valence-corrected chi connectivity index (χ3v) is 7.10. The number of dihydropyridines is 1. The van der Waals surface area contributed by atoms with Crippen molar-refractivity contribution in [2.24, 2.45) is 0 Å². The zero-order chi connectivity index (χ0) is 25.1. The molecule has 10 nitrogen and oxygen atoms in total. The molecule has 2 fully saturated rings. The highest BCUT2D eigenvalue weighted by Gasteiger charge is 2.49. The number of aromatic amines is 1. The first-order chi connectivity index (χ1) is 17.6. The fourth-order valence-corrected chi connectivity index (χ4v) is 5.33. The lowest BCUT2D eigenvalue weighted by Gasteiger charge is -2.55. The number of benzene rings is 1. The summed E-state index contributed by atoms with van der Waals surface area (Å²) < 4.78 is 0. The monoisotopic (exact) mass is 488 g/mol. The van der Waals surface area contributed by atoms with Gasteiger partial charge in [-0.15, -0.1) is 11.5 Å². The van der Waals surface area contributed by atoms with E-state index in [1.807, 2.05) is 45.3 Å². The summed E-state index contributed by atoms with van der Waals surface area (Å²) in [6.45, 7) is 4.75. The highest BCUT2D eigenvalue weighted by atomic mass is 16.2. The van der Waals surface area contributed by atoms with Crippen LogP contribution in [-0.2, 0) is 16.1 Å². The number of terminal acetylenes is 1. The summed E-state index contributed by atoms with van der Waals surface area (Å²) in [6.07, 6.45) is 14.0. The van der Waals surface area contributed by atoms with Crippen molar-refractivity contribution in [3.8, 4) is 12.3 Å². The van der Waals surface area contributed by atoms with Gasteiger partial charge in [0.05, 0.1) is 25.2 Å². The minimum absolute atomic E-state index is 0.0140. The van der Waals surface area contributed by atoms with Gasteiger partial charge in [0.15, 0.2) is 0 Å². The average molecular weight is 489 g/mol. The number of carbonyl (C=O) groups excluding carboxylic acids is 2. The van der Waals surface area contributed by atoms with Gasteiger partial charge in [0.2, 0.25) is 11.8 Å². The molecule has 36 heavy (non-hydrogen) atoms. The van der Waals surface area contributed by atoms with Crippen LogP contribution in [0.2, 0.25) is 0 Å². The molecule has 0 radical (unpaired) electrons. The van der Waals surface area contributed by atoms with Crippen molar-refractivity contribution in [1.82, 2.24) is 40.5 Å². The Kier molecular flexibility index (Phi) is 7.02. The molecule has 4 heterocycles. The Labute approximate surface area is 210 Å². The Hall–Kier alpha value is -3.68. The first-order valence-electron chi connectivity index (χ1n) is 12.5. The van der Waals surface area contributed by atoms with Crippen LogP contribution in [0, 0.1) is 12.3 Å². The summed E-state index contributed by atoms with van der Waals surface area (Å²) in [6, 6.07) is 5.33. The van der Waals surface area contributed by atoms with E-state index in [-0.39, 0.29) is 24.5 Å². The van der Waals surface area contributed by atoms with Gasteiger partial charge in [-0.05, 0) is 30.3 Å². The number of nitrogens with one attached hydrogen (secondary N) is 2. The summed E-state index contributed by atoms with van der Waals surface area (Å²) in [7, 11) is 0. The van der Waals surface area contributed by atoms with Gasteiger partial charge in [-0.3, -0.25) is 14.7 Å². The summed E-state index contributed by atoms with van der Waals surface area (Å²) in [5, 5.41) is 18.4. The number of carbonyl (C=O) groups is 2. The van der Waals surface area contributed by atoms with Gasteiger partial charge < -0.3 is 15.1 Å². The average Bonchev–Trinajstić information content (AvgIpc) is 3.37. The van der Waals surface area contributed by atoms with Crippen molar-refractivity contribution < 1.29 is 9.59 Å². The Morgan fingerprint density at radius 2 is 2.14 bits per heavy atom. The molecule has 2 amide bonds. The van der Waals surface area contributed by atoms with Crippen molar-refractivity contribution in [1.29, 1.82) is 0 Å². The van der Waals surface area contributed by atoms with E-state index in [4.69, 9.17) is 6.42 Å². The molecule has 2 atom stereocenters. The number of aromatic nitrogens is 3. The first-order valence-corrected chi connectivity index (χ1v) is 12.5. The number of nitrogens with zero attached hydrogens (tertiary/aromatic N) is 6. The van der Waals surface area contributed by atoms with Crippen LogP contribution in [0.15, 0.2) is 42.1 Å². The van der Waals surface area contributed by atoms with Gasteiger partial charge >= 0.3 is 0 Å². The van der Waals surface area contributed by atoms with E-state index in [0.29, 0.717) is 32.6 Å². The number of unbranched alkanes of at least 4 members (excludes halogenated alkanes) is 1. The molecule has 1 aromatic heterocycles. The molecule has 3 aliphatic heterocycles. The van der Waals surface area contributed by atoms with Gasteiger partial charge in [0.25, 0.3) is 0 Å². The molecule has 2 aromatic rings. The van der Waals surface area contributed by atoms with Crippen molar-refractivity contribution in [2.75, 3.05) is 32.7 Å². The Morgan fingerprint density at radius 1 is 1.25 bits per heavy atom. The molecule has 188 valence electrons. The van der Waals surface area contributed by atoms with E-state index in [1.54, 1.807) is 0 Å². The maximum absolute atomic E-state index is 13.8. The zero-order valence-electron chi connectivity index (χ0n) is 20.6. The lowest BCUT2D eigenvalue weighted by Crippen LogP contribution is -2.74. The van der Waals surface area contributed by atoms with Crippen LogP contribution in [-0.4, -0.2) is 92.0 Å². The molecule has 2 N–H and O–H groups in total. The van der Waals surface area contributed by atoms with Crippen LogP contribution in [0.4, 0.5) is 0 Å². The SMILES string of the molecule is C#CCN1CC(=O)N2[C@@H](CCCC)C(=O)N(Cc3cccc4[nH]nnc34)C[C@@H]2N1CC1=CCNC=C1. The van der Waals surface area contributed by atoms with E-state index in [2.05, 4.69) is 44.7 Å². The van der Waals surface area contributed by atoms with Crippen LogP contribution in [0.3, 0.4) is 0 Å². The van der Waals surface area contributed by atoms with Crippen molar-refractivity contribution >= 4 is 22.8 Å². The van der Waals surface area contributed by atoms with E-state index in [0.717, 1.165) is 41.6 Å². The number of piperazine rings is 1. The number of hydrogen-bond donors (Lipinski definition) is 2. The van der Waals surface area contributed by atoms with Gasteiger partial charge in [-0.2, -0.15) is 0 Å². The van der Waals surface area contributed by atoms with Crippen LogP contribution in [0.1, 0.15) is 31.7 Å². The minimum atomic E-state index is -0.499. The molecule has 0 bridgehead atoms. The van der Waals surface area contributed by atoms with E-state index in [9.17, 15) is 9.59 Å². The number of amides is 2. The molecule has 2 saturated heterocycles. The Morgan fingerprint density at radius 3 is 2.92 bits per heavy atom. The Balaban J connectivity index is 1.50. The van der Waals surface area contributed by atoms with Crippen LogP contribution in [0.25, 0.3) is 11.0 Å². The number of rotatable bonds is 8. The molecule has 0 spiro atoms. The van der Waals surface area contributed by atoms with Gasteiger partial charge in [0.1, 0.15) is 17.7 Å². The second-order valence-electron chi connectivity index (χ2n) is 9.43. The summed E-state index contributed by atoms with van der Waals surface area (Å²) in [5.41, 5.74) is 3.66. The molecule has 10 heteroatoms. The van der Waals surface area contributed by atoms with E-state index >= 15 is 0 Å². The topological polar surface area (TPSA) is 101 Å². The molecule has 0 unspecified atom stereocenters. The number of hydrazine groups is 1. The minimum Gasteiger partial charge on any atom is -0.387 e. The number of fused-ring (bicyclic) bond motifs is 2. The van der Waals surface area contributed by atoms with Gasteiger partial charge in [0, 0.05) is 25.2 Å². The van der Waals surface area contributed by atoms with Gasteiger partial charge in [-0.1, -0.05) is 49.1 Å². The fraction of sp³-hybridized carbons (Fsp3) is 0.462. The highest BCUT2D eigenvalue weighted by molar-refractivity contribution is 5.90. The lowest BCUT2D eigenvalue weighted by atomic mass is 10.00. The smallest absolute Gasteiger partial charge is 0.245 e. The normalized spacial score (nSPS) is 22.9. The van der Waals surface area contributed by atoms with Gasteiger partial charge in [-0.25, -0.2) is 10.0 Å². The molecular formula is C26H32N8O2. The van der Waals surface area contributed by atoms with Crippen molar-refractivity contribution in [3.05, 3.63) is 47.7 Å². The predicted octanol–water partition coefficient (Wildman–Crippen LogP) is 1.22. The number of hydrogen-bond acceptors (Lipinski definition) is 7. The molecule has 3 aliphatic rings. The predicted molar refractivity (Wildman–Crippen MR) is 136 cm³/mol. The van der Waals surface area contributed by atoms with Crippen molar-refractivity contribution in [2.45, 2.75) is 44.9 Å². The third-order valence-electron chi connectivity index (χ3n) is 7.10. The molecule has 1 aromatic carbocycles. The summed E-state index contributed by atoms with van der Waals surface area (Å²) in [4.78, 5) is 30.9. The highest BCUT2D eigenvalue weighted by Crippen LogP contribution is 2.30. The summed E-state index contributed by atoms with van der Waals surface area (Å²) >= 11 is 0. The quantitative estimate of drug-likeness (QED) is 0.539. The first kappa shape index (κ1) is 24.0. The molecule has 0 saturated carbocycles. The zero-order valence-corrected chi connectivity index (χ0v) is 20.6. The molecule has 5 rings (SSSR count). The van der Waals surface area contributed by atoms with Crippen LogP contribution < -0.4 is 5.32 Å². The van der Waals surface area contributed by atoms with Crippen LogP contribution >= 0.6 is 0 Å². The number of H-pyrrole nitrogens is 1.